The van der Waals surface area contributed by atoms with Crippen LogP contribution in [0.3, 0.4) is 0 Å². The minimum atomic E-state index is 0.534. The van der Waals surface area contributed by atoms with Crippen molar-refractivity contribution in [2.45, 2.75) is 77.0 Å². The molecule has 0 amide bonds. The van der Waals surface area contributed by atoms with Gasteiger partial charge in [-0.25, -0.2) is 19.6 Å². The first-order chi connectivity index (χ1) is 12.8. The first kappa shape index (κ1) is 26.2. The van der Waals surface area contributed by atoms with Gasteiger partial charge in [0.15, 0.2) is 0 Å². The summed E-state index contributed by atoms with van der Waals surface area (Å²) in [6.45, 7) is 2.57. The SMILES string of the molecule is N#COCCCCCCCCN=C=O.NCCCCCCCCN=C=O. The monoisotopic (exact) mass is 366 g/mol. The van der Waals surface area contributed by atoms with E-state index in [1.165, 1.54) is 31.4 Å². The molecule has 0 aromatic carbocycles. The molecule has 0 rings (SSSR count). The third-order valence-corrected chi connectivity index (χ3v) is 3.68. The number of unbranched alkanes of at least 4 members (excludes halogenated alkanes) is 10. The molecule has 0 heterocycles. The van der Waals surface area contributed by atoms with E-state index in [0.29, 0.717) is 19.7 Å². The molecular formula is C19H34N4O3. The van der Waals surface area contributed by atoms with Gasteiger partial charge in [0, 0.05) is 0 Å². The van der Waals surface area contributed by atoms with E-state index in [4.69, 9.17) is 11.0 Å². The molecule has 0 unspecified atom stereocenters. The largest absolute Gasteiger partial charge is 0.428 e. The molecular weight excluding hydrogens is 332 g/mol. The standard InChI is InChI=1S/C10H16N2O2.C9H18N2O/c11-9-14-8-6-4-2-1-3-5-7-12-10-13;10-7-5-3-1-2-4-6-8-11-9-12/h1-8H2;1-8,10H2. The van der Waals surface area contributed by atoms with Crippen LogP contribution in [0.5, 0.6) is 0 Å². The maximum absolute atomic E-state index is 9.71. The van der Waals surface area contributed by atoms with Crippen molar-refractivity contribution < 1.29 is 14.3 Å². The number of ether oxygens (including phenoxy) is 1. The van der Waals surface area contributed by atoms with Crippen molar-refractivity contribution in [2.75, 3.05) is 26.2 Å². The Balaban J connectivity index is 0. The van der Waals surface area contributed by atoms with Gasteiger partial charge in [-0.3, -0.25) is 0 Å². The lowest BCUT2D eigenvalue weighted by molar-refractivity contribution is 0.260. The Morgan fingerprint density at radius 3 is 1.54 bits per heavy atom. The first-order valence-corrected chi connectivity index (χ1v) is 9.61. The first-order valence-electron chi connectivity index (χ1n) is 9.61. The maximum atomic E-state index is 9.71. The van der Waals surface area contributed by atoms with Gasteiger partial charge in [-0.1, -0.05) is 51.4 Å². The van der Waals surface area contributed by atoms with Crippen molar-refractivity contribution in [1.82, 2.24) is 0 Å². The van der Waals surface area contributed by atoms with Gasteiger partial charge in [0.05, 0.1) is 13.1 Å². The van der Waals surface area contributed by atoms with Gasteiger partial charge in [-0.05, 0) is 32.2 Å². The molecule has 0 aromatic heterocycles. The van der Waals surface area contributed by atoms with E-state index in [9.17, 15) is 9.59 Å². The van der Waals surface area contributed by atoms with Crippen LogP contribution in [0.25, 0.3) is 0 Å². The van der Waals surface area contributed by atoms with Crippen LogP contribution in [0, 0.1) is 11.5 Å². The van der Waals surface area contributed by atoms with E-state index in [1.807, 2.05) is 0 Å². The van der Waals surface area contributed by atoms with E-state index < -0.39 is 0 Å². The van der Waals surface area contributed by atoms with Crippen LogP contribution in [0.2, 0.25) is 0 Å². The van der Waals surface area contributed by atoms with Crippen molar-refractivity contribution in [3.05, 3.63) is 0 Å². The van der Waals surface area contributed by atoms with Crippen LogP contribution in [-0.2, 0) is 14.3 Å². The number of nitrogens with two attached hydrogens (primary N) is 1. The summed E-state index contributed by atoms with van der Waals surface area (Å²) in [5.74, 6) is 0. The van der Waals surface area contributed by atoms with E-state index >= 15 is 0 Å². The van der Waals surface area contributed by atoms with Crippen LogP contribution in [0.4, 0.5) is 0 Å². The van der Waals surface area contributed by atoms with Crippen molar-refractivity contribution in [1.29, 1.82) is 5.26 Å². The summed E-state index contributed by atoms with van der Waals surface area (Å²) < 4.78 is 4.54. The summed E-state index contributed by atoms with van der Waals surface area (Å²) in [7, 11) is 0. The van der Waals surface area contributed by atoms with Crippen molar-refractivity contribution >= 4 is 12.2 Å². The highest BCUT2D eigenvalue weighted by Gasteiger charge is 1.91. The van der Waals surface area contributed by atoms with Gasteiger partial charge < -0.3 is 10.5 Å². The van der Waals surface area contributed by atoms with Crippen LogP contribution < -0.4 is 5.73 Å². The Labute approximate surface area is 157 Å². The van der Waals surface area contributed by atoms with Crippen LogP contribution in [0.1, 0.15) is 77.0 Å². The number of carbonyl (C=O) groups excluding carboxylic acids is 2. The highest BCUT2D eigenvalue weighted by molar-refractivity contribution is 5.32. The zero-order valence-electron chi connectivity index (χ0n) is 16.0. The molecule has 0 aliphatic rings. The normalized spacial score (nSPS) is 9.08. The molecule has 0 aliphatic heterocycles. The fourth-order valence-electron chi connectivity index (χ4n) is 2.25. The Bertz CT molecular complexity index is 411. The third kappa shape index (κ3) is 30.0. The molecule has 2 N–H and O–H groups in total. The summed E-state index contributed by atoms with van der Waals surface area (Å²) in [4.78, 5) is 26.3. The second-order valence-corrected chi connectivity index (χ2v) is 5.92. The van der Waals surface area contributed by atoms with E-state index in [1.54, 1.807) is 6.26 Å². The van der Waals surface area contributed by atoms with Gasteiger partial charge in [0.1, 0.15) is 6.61 Å². The fraction of sp³-hybridized carbons (Fsp3) is 0.842. The average Bonchev–Trinajstić information content (AvgIpc) is 2.66. The molecule has 148 valence electrons. The van der Waals surface area contributed by atoms with Crippen molar-refractivity contribution in [2.24, 2.45) is 15.7 Å². The lowest BCUT2D eigenvalue weighted by atomic mass is 10.1. The molecule has 0 aliphatic carbocycles. The van der Waals surface area contributed by atoms with E-state index in [-0.39, 0.29) is 0 Å². The van der Waals surface area contributed by atoms with Crippen LogP contribution in [0.15, 0.2) is 9.98 Å². The van der Waals surface area contributed by atoms with Crippen LogP contribution >= 0.6 is 0 Å². The lowest BCUT2D eigenvalue weighted by Crippen LogP contribution is -1.97. The Hall–Kier alpha value is -1.99. The van der Waals surface area contributed by atoms with Gasteiger partial charge in [-0.2, -0.15) is 5.26 Å². The number of aliphatic imine (C=N–C) groups is 2. The molecule has 0 atom stereocenters. The van der Waals surface area contributed by atoms with Gasteiger partial charge in [0.2, 0.25) is 12.2 Å². The van der Waals surface area contributed by atoms with E-state index in [2.05, 4.69) is 14.7 Å². The minimum absolute atomic E-state index is 0.534. The highest BCUT2D eigenvalue weighted by atomic mass is 16.5. The quantitative estimate of drug-likeness (QED) is 0.182. The Kier molecular flexibility index (Phi) is 28.1. The zero-order valence-corrected chi connectivity index (χ0v) is 16.0. The van der Waals surface area contributed by atoms with Crippen LogP contribution in [-0.4, -0.2) is 38.4 Å². The summed E-state index contributed by atoms with van der Waals surface area (Å²) in [6, 6.07) is 0. The lowest BCUT2D eigenvalue weighted by Gasteiger charge is -1.98. The second-order valence-electron chi connectivity index (χ2n) is 5.92. The molecule has 0 spiro atoms. The summed E-state index contributed by atoms with van der Waals surface area (Å²) in [5.41, 5.74) is 5.35. The van der Waals surface area contributed by atoms with Gasteiger partial charge in [-0.15, -0.1) is 0 Å². The predicted octanol–water partition coefficient (Wildman–Crippen LogP) is 3.78. The second kappa shape index (κ2) is 27.8. The minimum Gasteiger partial charge on any atom is -0.428 e. The Morgan fingerprint density at radius 2 is 1.12 bits per heavy atom. The maximum Gasteiger partial charge on any atom is 0.286 e. The Morgan fingerprint density at radius 1 is 0.692 bits per heavy atom. The summed E-state index contributed by atoms with van der Waals surface area (Å²) >= 11 is 0. The average molecular weight is 367 g/mol. The van der Waals surface area contributed by atoms with Crippen molar-refractivity contribution in [3.63, 3.8) is 0 Å². The summed E-state index contributed by atoms with van der Waals surface area (Å²) in [6.07, 6.45) is 18.1. The molecule has 0 bridgehead atoms. The smallest absolute Gasteiger partial charge is 0.286 e. The molecule has 0 radical (unpaired) electrons. The number of nitrogens with zero attached hydrogens (tertiary/aromatic N) is 3. The fourth-order valence-corrected chi connectivity index (χ4v) is 2.25. The topological polar surface area (TPSA) is 118 Å². The molecule has 0 saturated heterocycles. The molecule has 0 aromatic rings. The predicted molar refractivity (Wildman–Crippen MR) is 102 cm³/mol. The molecule has 7 nitrogen and oxygen atoms in total. The summed E-state index contributed by atoms with van der Waals surface area (Å²) in [5, 5.41) is 8.08. The number of isocyanates is 2. The number of hydrogen-bond acceptors (Lipinski definition) is 7. The zero-order chi connectivity index (χ0) is 19.6. The third-order valence-electron chi connectivity index (χ3n) is 3.68. The van der Waals surface area contributed by atoms with Gasteiger partial charge >= 0.3 is 0 Å². The number of hydrogen-bond donors (Lipinski definition) is 1. The molecule has 7 heteroatoms. The van der Waals surface area contributed by atoms with Gasteiger partial charge in [0.25, 0.3) is 6.26 Å². The highest BCUT2D eigenvalue weighted by Crippen LogP contribution is 2.05. The number of nitriles is 1. The molecule has 0 fully saturated rings. The molecule has 0 saturated carbocycles. The van der Waals surface area contributed by atoms with Crippen molar-refractivity contribution in [3.8, 4) is 6.26 Å². The number of rotatable bonds is 17. The molecule has 26 heavy (non-hydrogen) atoms. The van der Waals surface area contributed by atoms with E-state index in [0.717, 1.165) is 64.3 Å².